The summed E-state index contributed by atoms with van der Waals surface area (Å²) in [5.41, 5.74) is 0.484. The minimum Gasteiger partial charge on any atom is -0.349 e. The number of carbonyl (C=O) groups is 1. The van der Waals surface area contributed by atoms with Crippen LogP contribution in [0.4, 0.5) is 0 Å². The van der Waals surface area contributed by atoms with Gasteiger partial charge in [-0.25, -0.2) is 13.4 Å². The predicted octanol–water partition coefficient (Wildman–Crippen LogP) is 3.85. The maximum Gasteiger partial charge on any atom is 0.254 e. The summed E-state index contributed by atoms with van der Waals surface area (Å²) in [5, 5.41) is 3.70. The lowest BCUT2D eigenvalue weighted by Gasteiger charge is -2.52. The molecule has 1 N–H and O–H groups in total. The summed E-state index contributed by atoms with van der Waals surface area (Å²) in [5.74, 6) is -0.247. The first kappa shape index (κ1) is 22.7. The molecule has 1 aromatic heterocycles. The average molecular weight is 448 g/mol. The van der Waals surface area contributed by atoms with Crippen LogP contribution in [0.25, 0.3) is 10.6 Å². The van der Waals surface area contributed by atoms with Crippen molar-refractivity contribution in [3.63, 3.8) is 0 Å². The number of aryl methyl sites for hydroxylation is 1. The Morgan fingerprint density at radius 2 is 1.77 bits per heavy atom. The standard InChI is InChI=1S/C22H29N3O3S2/c1-7-17(26)24-20-21(3,4)13-25(14-22(20,5)6)30(27,28)19-15(2)23-18(29-19)16-11-9-8-10-12-16/h7-12,20H,1,13-14H2,2-6H3,(H,24,26). The van der Waals surface area contributed by atoms with Crippen LogP contribution < -0.4 is 5.32 Å². The molecule has 0 unspecified atom stereocenters. The number of thiazole rings is 1. The number of nitrogens with zero attached hydrogens (tertiary/aromatic N) is 2. The summed E-state index contributed by atoms with van der Waals surface area (Å²) >= 11 is 1.20. The molecule has 8 heteroatoms. The van der Waals surface area contributed by atoms with Crippen LogP contribution in [0.3, 0.4) is 0 Å². The van der Waals surface area contributed by atoms with Crippen LogP contribution in [0.5, 0.6) is 0 Å². The van der Waals surface area contributed by atoms with Crippen LogP contribution in [-0.2, 0) is 14.8 Å². The molecule has 1 amide bonds. The molecule has 162 valence electrons. The largest absolute Gasteiger partial charge is 0.349 e. The third kappa shape index (κ3) is 4.22. The van der Waals surface area contributed by atoms with Crippen molar-refractivity contribution in [2.75, 3.05) is 13.1 Å². The Kier molecular flexibility index (Phi) is 5.97. The topological polar surface area (TPSA) is 79.4 Å². The van der Waals surface area contributed by atoms with Gasteiger partial charge in [-0.2, -0.15) is 4.31 Å². The van der Waals surface area contributed by atoms with E-state index in [4.69, 9.17) is 0 Å². The lowest BCUT2D eigenvalue weighted by Crippen LogP contribution is -2.64. The first-order valence-corrected chi connectivity index (χ1v) is 12.1. The summed E-state index contributed by atoms with van der Waals surface area (Å²) in [6, 6.07) is 9.40. The van der Waals surface area contributed by atoms with E-state index >= 15 is 0 Å². The van der Waals surface area contributed by atoms with Crippen molar-refractivity contribution in [3.05, 3.63) is 48.7 Å². The van der Waals surface area contributed by atoms with Crippen molar-refractivity contribution in [2.24, 2.45) is 10.8 Å². The highest BCUT2D eigenvalue weighted by molar-refractivity contribution is 7.91. The van der Waals surface area contributed by atoms with E-state index in [1.807, 2.05) is 58.0 Å². The highest BCUT2D eigenvalue weighted by Gasteiger charge is 2.50. The molecule has 0 aliphatic carbocycles. The van der Waals surface area contributed by atoms with Gasteiger partial charge in [0.15, 0.2) is 4.21 Å². The van der Waals surface area contributed by atoms with Crippen LogP contribution in [0.1, 0.15) is 33.4 Å². The Bertz CT molecular complexity index is 1040. The van der Waals surface area contributed by atoms with Crippen molar-refractivity contribution in [1.29, 1.82) is 0 Å². The molecule has 0 saturated carbocycles. The lowest BCUT2D eigenvalue weighted by molar-refractivity contribution is -0.120. The third-order valence-corrected chi connectivity index (χ3v) is 9.14. The average Bonchev–Trinajstić information content (AvgIpc) is 3.07. The van der Waals surface area contributed by atoms with Gasteiger partial charge in [-0.1, -0.05) is 64.6 Å². The molecule has 3 rings (SSSR count). The Balaban J connectivity index is 1.95. The van der Waals surface area contributed by atoms with Crippen LogP contribution in [0.15, 0.2) is 47.2 Å². The molecule has 0 bridgehead atoms. The normalized spacial score (nSPS) is 19.4. The molecule has 1 fully saturated rings. The first-order chi connectivity index (χ1) is 13.9. The number of benzene rings is 1. The predicted molar refractivity (Wildman–Crippen MR) is 121 cm³/mol. The summed E-state index contributed by atoms with van der Waals surface area (Å²) in [4.78, 5) is 16.5. The monoisotopic (exact) mass is 447 g/mol. The van der Waals surface area contributed by atoms with Gasteiger partial charge in [0.25, 0.3) is 10.0 Å². The van der Waals surface area contributed by atoms with Gasteiger partial charge >= 0.3 is 0 Å². The number of amides is 1. The minimum atomic E-state index is -3.72. The van der Waals surface area contributed by atoms with E-state index in [2.05, 4.69) is 16.9 Å². The van der Waals surface area contributed by atoms with Crippen molar-refractivity contribution in [2.45, 2.75) is 44.9 Å². The highest BCUT2D eigenvalue weighted by Crippen LogP contribution is 2.43. The van der Waals surface area contributed by atoms with Crippen molar-refractivity contribution >= 4 is 27.3 Å². The number of sulfonamides is 1. The summed E-state index contributed by atoms with van der Waals surface area (Å²) in [6.07, 6.45) is 1.25. The van der Waals surface area contributed by atoms with Crippen LogP contribution >= 0.6 is 11.3 Å². The molecule has 6 nitrogen and oxygen atoms in total. The fourth-order valence-electron chi connectivity index (χ4n) is 4.41. The molecule has 1 aliphatic heterocycles. The Morgan fingerprint density at radius 3 is 2.30 bits per heavy atom. The zero-order chi connectivity index (χ0) is 22.3. The summed E-state index contributed by atoms with van der Waals surface area (Å²) in [6.45, 7) is 13.8. The summed E-state index contributed by atoms with van der Waals surface area (Å²) < 4.78 is 29.0. The zero-order valence-electron chi connectivity index (χ0n) is 18.1. The number of carbonyl (C=O) groups excluding carboxylic acids is 1. The molecule has 2 aromatic rings. The van der Waals surface area contributed by atoms with Gasteiger partial charge in [-0.3, -0.25) is 4.79 Å². The van der Waals surface area contributed by atoms with Crippen molar-refractivity contribution < 1.29 is 13.2 Å². The fraction of sp³-hybridized carbons (Fsp3) is 0.455. The maximum absolute atomic E-state index is 13.6. The molecule has 0 atom stereocenters. The van der Waals surface area contributed by atoms with E-state index < -0.39 is 20.9 Å². The van der Waals surface area contributed by atoms with E-state index in [9.17, 15) is 13.2 Å². The van der Waals surface area contributed by atoms with Gasteiger partial charge in [-0.05, 0) is 23.8 Å². The van der Waals surface area contributed by atoms with Crippen LogP contribution in [0, 0.1) is 17.8 Å². The van der Waals surface area contributed by atoms with Gasteiger partial charge in [0, 0.05) is 24.7 Å². The van der Waals surface area contributed by atoms with Gasteiger partial charge in [0.1, 0.15) is 5.01 Å². The first-order valence-electron chi connectivity index (χ1n) is 9.84. The second-order valence-electron chi connectivity index (χ2n) is 9.15. The SMILES string of the molecule is C=CC(=O)NC1C(C)(C)CN(S(=O)(=O)c2sc(-c3ccccc3)nc2C)CC1(C)C. The smallest absolute Gasteiger partial charge is 0.254 e. The molecule has 2 heterocycles. The number of rotatable bonds is 5. The number of hydrogen-bond donors (Lipinski definition) is 1. The molecule has 30 heavy (non-hydrogen) atoms. The molecular formula is C22H29N3O3S2. The van der Waals surface area contributed by atoms with E-state index in [-0.39, 0.29) is 16.2 Å². The molecular weight excluding hydrogens is 418 g/mol. The fourth-order valence-corrected chi connectivity index (χ4v) is 7.85. The molecule has 0 spiro atoms. The second kappa shape index (κ2) is 7.90. The van der Waals surface area contributed by atoms with Gasteiger partial charge in [-0.15, -0.1) is 11.3 Å². The maximum atomic E-state index is 13.6. The van der Waals surface area contributed by atoms with Crippen molar-refractivity contribution in [1.82, 2.24) is 14.6 Å². The van der Waals surface area contributed by atoms with E-state index in [0.29, 0.717) is 23.8 Å². The lowest BCUT2D eigenvalue weighted by atomic mass is 9.67. The molecule has 1 aromatic carbocycles. The second-order valence-corrected chi connectivity index (χ2v) is 12.3. The number of aromatic nitrogens is 1. The quantitative estimate of drug-likeness (QED) is 0.706. The Hall–Kier alpha value is -2.03. The molecule has 0 radical (unpaired) electrons. The van der Waals surface area contributed by atoms with E-state index in [1.165, 1.54) is 17.4 Å². The third-order valence-electron chi connectivity index (χ3n) is 5.55. The van der Waals surface area contributed by atoms with Crippen LogP contribution in [-0.4, -0.2) is 42.7 Å². The van der Waals surface area contributed by atoms with E-state index in [1.54, 1.807) is 11.2 Å². The van der Waals surface area contributed by atoms with Gasteiger partial charge < -0.3 is 5.32 Å². The Labute approximate surface area is 183 Å². The summed E-state index contributed by atoms with van der Waals surface area (Å²) in [7, 11) is -3.72. The zero-order valence-corrected chi connectivity index (χ0v) is 19.7. The number of hydrogen-bond acceptors (Lipinski definition) is 5. The molecule has 1 saturated heterocycles. The number of nitrogens with one attached hydrogen (secondary N) is 1. The van der Waals surface area contributed by atoms with Crippen molar-refractivity contribution in [3.8, 4) is 10.6 Å². The minimum absolute atomic E-state index is 0.190. The molecule has 1 aliphatic rings. The van der Waals surface area contributed by atoms with Gasteiger partial charge in [0.2, 0.25) is 5.91 Å². The highest BCUT2D eigenvalue weighted by atomic mass is 32.2. The van der Waals surface area contributed by atoms with Crippen LogP contribution in [0.2, 0.25) is 0 Å². The Morgan fingerprint density at radius 1 is 1.20 bits per heavy atom. The van der Waals surface area contributed by atoms with E-state index in [0.717, 1.165) is 5.56 Å². The number of piperidine rings is 1. The van der Waals surface area contributed by atoms with Gasteiger partial charge in [0.05, 0.1) is 5.69 Å².